The van der Waals surface area contributed by atoms with E-state index < -0.39 is 29.5 Å². The van der Waals surface area contributed by atoms with E-state index in [1.807, 2.05) is 30.3 Å². The van der Waals surface area contributed by atoms with Gasteiger partial charge in [0, 0.05) is 27.5 Å². The number of hydrogen-bond acceptors (Lipinski definition) is 2. The van der Waals surface area contributed by atoms with E-state index in [-0.39, 0.29) is 5.70 Å². The van der Waals surface area contributed by atoms with Crippen LogP contribution in [0.1, 0.15) is 17.2 Å². The van der Waals surface area contributed by atoms with Crippen LogP contribution in [0.15, 0.2) is 120 Å². The molecule has 1 atom stereocenters. The molecule has 2 aliphatic rings. The van der Waals surface area contributed by atoms with Gasteiger partial charge in [-0.05, 0) is 77.9 Å². The van der Waals surface area contributed by atoms with Crippen LogP contribution >= 0.6 is 11.6 Å². The lowest BCUT2D eigenvalue weighted by Crippen LogP contribution is -2.38. The fourth-order valence-corrected chi connectivity index (χ4v) is 5.08. The van der Waals surface area contributed by atoms with Crippen LogP contribution in [0.2, 0.25) is 5.02 Å². The van der Waals surface area contributed by atoms with E-state index in [9.17, 15) is 18.4 Å². The average molecular weight is 525 g/mol. The van der Waals surface area contributed by atoms with Crippen LogP contribution in [0, 0.1) is 11.6 Å². The molecule has 186 valence electrons. The molecular formula is C31H19ClF2N2O2. The molecule has 7 heteroatoms. The van der Waals surface area contributed by atoms with Gasteiger partial charge < -0.3 is 0 Å². The van der Waals surface area contributed by atoms with Crippen molar-refractivity contribution < 1.29 is 18.4 Å². The van der Waals surface area contributed by atoms with Gasteiger partial charge in [0.15, 0.2) is 0 Å². The van der Waals surface area contributed by atoms with Gasteiger partial charge in [-0.3, -0.25) is 19.4 Å². The fourth-order valence-electron chi connectivity index (χ4n) is 4.95. The summed E-state index contributed by atoms with van der Waals surface area (Å²) in [4.78, 5) is 31.0. The highest BCUT2D eigenvalue weighted by Crippen LogP contribution is 2.50. The standard InChI is InChI=1S/C31H19ClF2N2O2/c32-21-8-6-19(7-9-21)18-26-27-28(20-4-2-1-3-5-20)35(24-14-10-22(33)11-15-24)31(38)29(27)36(30(26)37)25-16-12-23(34)13-17-25/h1-18,28H. The number of nitrogens with zero attached hydrogens (tertiary/aromatic N) is 2. The van der Waals surface area contributed by atoms with Crippen LogP contribution in [0.5, 0.6) is 0 Å². The SMILES string of the molecule is O=C1C(=Cc2ccc(Cl)cc2)C2=C(C(=O)N(c3ccc(F)cc3)C2c2ccccc2)N1c1ccc(F)cc1. The molecular weight excluding hydrogens is 506 g/mol. The Morgan fingerprint density at radius 1 is 0.684 bits per heavy atom. The van der Waals surface area contributed by atoms with Crippen molar-refractivity contribution in [2.24, 2.45) is 0 Å². The van der Waals surface area contributed by atoms with Gasteiger partial charge in [-0.15, -0.1) is 0 Å². The van der Waals surface area contributed by atoms with Crippen molar-refractivity contribution in [3.05, 3.63) is 148 Å². The Morgan fingerprint density at radius 3 is 1.87 bits per heavy atom. The maximum atomic E-state index is 14.2. The van der Waals surface area contributed by atoms with Crippen molar-refractivity contribution in [2.75, 3.05) is 9.80 Å². The van der Waals surface area contributed by atoms with Gasteiger partial charge in [0.2, 0.25) is 0 Å². The average Bonchev–Trinajstić information content (AvgIpc) is 3.38. The largest absolute Gasteiger partial charge is 0.295 e. The van der Waals surface area contributed by atoms with Crippen LogP contribution in [0.25, 0.3) is 6.08 Å². The maximum Gasteiger partial charge on any atom is 0.276 e. The molecule has 2 heterocycles. The molecule has 0 saturated carbocycles. The summed E-state index contributed by atoms with van der Waals surface area (Å²) in [5.41, 5.74) is 3.39. The van der Waals surface area contributed by atoms with Crippen molar-refractivity contribution in [3.63, 3.8) is 0 Å². The van der Waals surface area contributed by atoms with E-state index in [4.69, 9.17) is 11.6 Å². The fraction of sp³-hybridized carbons (Fsp3) is 0.0323. The zero-order valence-electron chi connectivity index (χ0n) is 19.8. The molecule has 6 rings (SSSR count). The number of benzene rings is 4. The minimum atomic E-state index is -0.655. The Bertz CT molecular complexity index is 1610. The van der Waals surface area contributed by atoms with Gasteiger partial charge in [-0.25, -0.2) is 8.78 Å². The van der Waals surface area contributed by atoms with Crippen LogP contribution < -0.4 is 9.80 Å². The number of carbonyl (C=O) groups is 2. The first-order valence-electron chi connectivity index (χ1n) is 11.9. The molecule has 2 amide bonds. The molecule has 2 aliphatic heterocycles. The van der Waals surface area contributed by atoms with Gasteiger partial charge in [-0.1, -0.05) is 54.1 Å². The van der Waals surface area contributed by atoms with Crippen molar-refractivity contribution >= 4 is 40.9 Å². The monoisotopic (exact) mass is 524 g/mol. The van der Waals surface area contributed by atoms with Gasteiger partial charge in [0.1, 0.15) is 17.3 Å². The van der Waals surface area contributed by atoms with Crippen molar-refractivity contribution in [2.45, 2.75) is 6.04 Å². The molecule has 1 unspecified atom stereocenters. The summed E-state index contributed by atoms with van der Waals surface area (Å²) in [5.74, 6) is -1.70. The summed E-state index contributed by atoms with van der Waals surface area (Å²) < 4.78 is 27.6. The molecule has 0 aliphatic carbocycles. The molecule has 0 fully saturated rings. The molecule has 4 aromatic carbocycles. The molecule has 0 spiro atoms. The van der Waals surface area contributed by atoms with E-state index in [1.54, 1.807) is 35.2 Å². The van der Waals surface area contributed by atoms with Crippen LogP contribution in [0.4, 0.5) is 20.2 Å². The topological polar surface area (TPSA) is 40.6 Å². The van der Waals surface area contributed by atoms with E-state index in [2.05, 4.69) is 0 Å². The van der Waals surface area contributed by atoms with E-state index in [0.717, 1.165) is 11.1 Å². The summed E-state index contributed by atoms with van der Waals surface area (Å²) in [6.45, 7) is 0. The van der Waals surface area contributed by atoms with Crippen LogP contribution in [-0.2, 0) is 9.59 Å². The molecule has 0 bridgehead atoms. The number of hydrogen-bond donors (Lipinski definition) is 0. The summed E-state index contributed by atoms with van der Waals surface area (Å²) in [5, 5.41) is 0.554. The highest BCUT2D eigenvalue weighted by Gasteiger charge is 2.52. The highest BCUT2D eigenvalue weighted by atomic mass is 35.5. The maximum absolute atomic E-state index is 14.2. The number of amides is 2. The number of rotatable bonds is 4. The van der Waals surface area contributed by atoms with Gasteiger partial charge in [-0.2, -0.15) is 0 Å². The van der Waals surface area contributed by atoms with Gasteiger partial charge >= 0.3 is 0 Å². The quantitative estimate of drug-likeness (QED) is 0.267. The Hall–Kier alpha value is -4.55. The minimum Gasteiger partial charge on any atom is -0.295 e. The molecule has 0 saturated heterocycles. The summed E-state index contributed by atoms with van der Waals surface area (Å²) in [6.07, 6.45) is 1.73. The lowest BCUT2D eigenvalue weighted by Gasteiger charge is -2.30. The zero-order valence-corrected chi connectivity index (χ0v) is 20.6. The minimum absolute atomic E-state index is 0.181. The van der Waals surface area contributed by atoms with E-state index in [1.165, 1.54) is 53.4 Å². The number of anilines is 2. The Balaban J connectivity index is 1.60. The van der Waals surface area contributed by atoms with Crippen molar-refractivity contribution in [1.29, 1.82) is 0 Å². The molecule has 0 radical (unpaired) electrons. The Morgan fingerprint density at radius 2 is 1.26 bits per heavy atom. The predicted octanol–water partition coefficient (Wildman–Crippen LogP) is 7.09. The molecule has 0 aromatic heterocycles. The van der Waals surface area contributed by atoms with Crippen molar-refractivity contribution in [1.82, 2.24) is 0 Å². The first-order chi connectivity index (χ1) is 18.4. The molecule has 38 heavy (non-hydrogen) atoms. The first kappa shape index (κ1) is 23.8. The first-order valence-corrected chi connectivity index (χ1v) is 12.3. The normalized spacial score (nSPS) is 18.1. The third kappa shape index (κ3) is 3.99. The summed E-state index contributed by atoms with van der Waals surface area (Å²) in [6, 6.07) is 26.8. The molecule has 4 nitrogen and oxygen atoms in total. The lowest BCUT2D eigenvalue weighted by atomic mass is 9.93. The smallest absolute Gasteiger partial charge is 0.276 e. The third-order valence-corrected chi connectivity index (χ3v) is 6.89. The summed E-state index contributed by atoms with van der Waals surface area (Å²) in [7, 11) is 0. The molecule has 0 N–H and O–H groups in total. The number of halogens is 3. The highest BCUT2D eigenvalue weighted by molar-refractivity contribution is 6.31. The Labute approximate surface area is 222 Å². The lowest BCUT2D eigenvalue weighted by molar-refractivity contribution is -0.118. The van der Waals surface area contributed by atoms with E-state index >= 15 is 0 Å². The second-order valence-electron chi connectivity index (χ2n) is 8.95. The third-order valence-electron chi connectivity index (χ3n) is 6.64. The number of carbonyl (C=O) groups excluding carboxylic acids is 2. The summed E-state index contributed by atoms with van der Waals surface area (Å²) >= 11 is 6.07. The second-order valence-corrected chi connectivity index (χ2v) is 9.39. The predicted molar refractivity (Wildman–Crippen MR) is 143 cm³/mol. The van der Waals surface area contributed by atoms with Crippen molar-refractivity contribution in [3.8, 4) is 0 Å². The second kappa shape index (κ2) is 9.39. The zero-order chi connectivity index (χ0) is 26.4. The molecule has 4 aromatic rings. The van der Waals surface area contributed by atoms with Gasteiger partial charge in [0.05, 0.1) is 6.04 Å². The van der Waals surface area contributed by atoms with Crippen LogP contribution in [-0.4, -0.2) is 11.8 Å². The Kier molecular flexibility index (Phi) is 5.89. The van der Waals surface area contributed by atoms with E-state index in [0.29, 0.717) is 27.5 Å². The van der Waals surface area contributed by atoms with Crippen LogP contribution in [0.3, 0.4) is 0 Å². The van der Waals surface area contributed by atoms with Gasteiger partial charge in [0.25, 0.3) is 11.8 Å².